The Kier molecular flexibility index (Phi) is 1.55. The van der Waals surface area contributed by atoms with Gasteiger partial charge in [-0.2, -0.15) is 5.10 Å². The first-order valence-corrected chi connectivity index (χ1v) is 3.47. The van der Waals surface area contributed by atoms with E-state index in [2.05, 4.69) is 15.1 Å². The van der Waals surface area contributed by atoms with Crippen molar-refractivity contribution in [2.45, 2.75) is 6.07 Å². The van der Waals surface area contributed by atoms with Crippen molar-refractivity contribution in [3.05, 3.63) is 18.5 Å². The van der Waals surface area contributed by atoms with Crippen molar-refractivity contribution in [2.75, 3.05) is 0 Å². The van der Waals surface area contributed by atoms with Gasteiger partial charge in [-0.3, -0.25) is 9.98 Å². The van der Waals surface area contributed by atoms with Crippen molar-refractivity contribution in [3.8, 4) is 0 Å². The van der Waals surface area contributed by atoms with E-state index in [1.165, 1.54) is 0 Å². The molecule has 0 unspecified atom stereocenters. The molecule has 0 atom stereocenters. The van der Waals surface area contributed by atoms with E-state index < -0.39 is 0 Å². The Bertz CT molecular complexity index is 265. The summed E-state index contributed by atoms with van der Waals surface area (Å²) in [6.45, 7) is 0. The fourth-order valence-corrected chi connectivity index (χ4v) is 0.984. The molecule has 1 aromatic rings. The third-order valence-electron chi connectivity index (χ3n) is 1.49. The third-order valence-corrected chi connectivity index (χ3v) is 1.49. The lowest BCUT2D eigenvalue weighted by atomic mass is 9.91. The van der Waals surface area contributed by atoms with Crippen LogP contribution < -0.4 is 0 Å². The maximum Gasteiger partial charge on any atom is 0.318 e. The summed E-state index contributed by atoms with van der Waals surface area (Å²) in [7, 11) is 0.736. The largest absolute Gasteiger partial charge is 0.318 e. The Labute approximate surface area is 64.9 Å². The minimum absolute atomic E-state index is 0.0369. The zero-order valence-electron chi connectivity index (χ0n) is 5.96. The average molecular weight is 146 g/mol. The fraction of sp³-hybridized carbons (Fsp3) is 0.167. The van der Waals surface area contributed by atoms with Crippen LogP contribution in [0.15, 0.2) is 28.4 Å². The van der Waals surface area contributed by atoms with Gasteiger partial charge < -0.3 is 4.59 Å². The number of hydrogen-bond donors (Lipinski definition) is 0. The highest BCUT2D eigenvalue weighted by molar-refractivity contribution is 6.37. The highest BCUT2D eigenvalue weighted by Crippen LogP contribution is 1.95. The fourth-order valence-electron chi connectivity index (χ4n) is 0.984. The number of aromatic nitrogens is 2. The van der Waals surface area contributed by atoms with E-state index in [4.69, 9.17) is 0 Å². The van der Waals surface area contributed by atoms with Crippen molar-refractivity contribution < 1.29 is 0 Å². The predicted octanol–water partition coefficient (Wildman–Crippen LogP) is -0.479. The molecule has 4 nitrogen and oxygen atoms in total. The molecule has 0 aliphatic carbocycles. The molecule has 0 bridgehead atoms. The molecule has 0 amide bonds. The van der Waals surface area contributed by atoms with E-state index in [1.54, 1.807) is 18.6 Å². The number of hydrogen-bond acceptors (Lipinski definition) is 3. The van der Waals surface area contributed by atoms with Gasteiger partial charge in [-0.15, -0.1) is 0 Å². The van der Waals surface area contributed by atoms with Crippen LogP contribution in [0.5, 0.6) is 0 Å². The Morgan fingerprint density at radius 3 is 2.73 bits per heavy atom. The maximum atomic E-state index is 4.10. The lowest BCUT2D eigenvalue weighted by molar-refractivity contribution is 0.897. The first-order valence-electron chi connectivity index (χ1n) is 3.47. The van der Waals surface area contributed by atoms with Gasteiger partial charge in [0.25, 0.3) is 0 Å². The minimum atomic E-state index is 0.0369. The number of nitrogens with zero attached hydrogens (tertiary/aromatic N) is 4. The van der Waals surface area contributed by atoms with E-state index in [0.717, 1.165) is 7.41 Å². The molecule has 0 spiro atoms. The summed E-state index contributed by atoms with van der Waals surface area (Å²) in [5, 5.41) is 4.05. The quantitative estimate of drug-likeness (QED) is 0.519. The number of aliphatic imine (C=N–C) groups is 2. The van der Waals surface area contributed by atoms with Gasteiger partial charge in [0.1, 0.15) is 6.07 Å². The van der Waals surface area contributed by atoms with Gasteiger partial charge in [0.15, 0.2) is 0 Å². The smallest absolute Gasteiger partial charge is 0.317 e. The summed E-state index contributed by atoms with van der Waals surface area (Å²) in [5.41, 5.74) is 0. The van der Waals surface area contributed by atoms with E-state index in [1.807, 2.05) is 16.9 Å². The minimum Gasteiger partial charge on any atom is -0.317 e. The second kappa shape index (κ2) is 2.69. The standard InChI is InChI=1S/C6H7BN4/c1-2-10-11(5-1)7-6-8-3-4-9-6/h1-7H. The predicted molar refractivity (Wildman–Crippen MR) is 45.5 cm³/mol. The molecule has 0 fully saturated rings. The molecule has 1 aromatic heterocycles. The second-order valence-electron chi connectivity index (χ2n) is 2.31. The number of rotatable bonds is 2. The summed E-state index contributed by atoms with van der Waals surface area (Å²) in [6.07, 6.45) is 7.09. The van der Waals surface area contributed by atoms with Crippen molar-refractivity contribution in [1.29, 1.82) is 0 Å². The van der Waals surface area contributed by atoms with Crippen molar-refractivity contribution in [3.63, 3.8) is 0 Å². The molecule has 11 heavy (non-hydrogen) atoms. The lowest BCUT2D eigenvalue weighted by Gasteiger charge is -2.00. The highest BCUT2D eigenvalue weighted by Gasteiger charge is 2.09. The molecular formula is C6H7BN4. The van der Waals surface area contributed by atoms with Crippen LogP contribution >= 0.6 is 0 Å². The summed E-state index contributed by atoms with van der Waals surface area (Å²) < 4.78 is 1.82. The molecule has 0 saturated carbocycles. The molecular weight excluding hydrogens is 139 g/mol. The Morgan fingerprint density at radius 2 is 2.09 bits per heavy atom. The first-order chi connectivity index (χ1) is 5.45. The molecule has 2 rings (SSSR count). The monoisotopic (exact) mass is 146 g/mol. The van der Waals surface area contributed by atoms with E-state index in [-0.39, 0.29) is 6.07 Å². The van der Waals surface area contributed by atoms with E-state index in [9.17, 15) is 0 Å². The molecule has 54 valence electrons. The Hall–Kier alpha value is -1.39. The Balaban J connectivity index is 2.01. The van der Waals surface area contributed by atoms with Crippen molar-refractivity contribution >= 4 is 19.8 Å². The van der Waals surface area contributed by atoms with Crippen LogP contribution in [0.3, 0.4) is 0 Å². The molecule has 0 saturated heterocycles. The summed E-state index contributed by atoms with van der Waals surface area (Å²) >= 11 is 0. The van der Waals surface area contributed by atoms with Crippen LogP contribution in [0, 0.1) is 0 Å². The van der Waals surface area contributed by atoms with Gasteiger partial charge in [0.2, 0.25) is 0 Å². The van der Waals surface area contributed by atoms with E-state index >= 15 is 0 Å². The average Bonchev–Trinajstić information content (AvgIpc) is 2.60. The molecule has 1 aliphatic rings. The molecule has 1 aliphatic heterocycles. The SMILES string of the molecule is B(C1N=CC=N1)n1cccn1. The lowest BCUT2D eigenvalue weighted by Crippen LogP contribution is -2.19. The Morgan fingerprint density at radius 1 is 1.27 bits per heavy atom. The highest BCUT2D eigenvalue weighted by atomic mass is 15.2. The van der Waals surface area contributed by atoms with Crippen LogP contribution in [-0.4, -0.2) is 35.6 Å². The molecule has 0 N–H and O–H groups in total. The third kappa shape index (κ3) is 1.37. The molecule has 5 heteroatoms. The van der Waals surface area contributed by atoms with Crippen molar-refractivity contribution in [2.24, 2.45) is 9.98 Å². The molecule has 2 heterocycles. The van der Waals surface area contributed by atoms with Crippen LogP contribution in [0.2, 0.25) is 0 Å². The maximum absolute atomic E-state index is 4.10. The topological polar surface area (TPSA) is 42.5 Å². The van der Waals surface area contributed by atoms with Gasteiger partial charge in [0, 0.05) is 24.8 Å². The van der Waals surface area contributed by atoms with E-state index in [0.29, 0.717) is 0 Å². The van der Waals surface area contributed by atoms with Crippen LogP contribution in [-0.2, 0) is 0 Å². The van der Waals surface area contributed by atoms with Gasteiger partial charge in [-0.05, 0) is 6.07 Å². The zero-order valence-corrected chi connectivity index (χ0v) is 5.96. The van der Waals surface area contributed by atoms with Crippen LogP contribution in [0.25, 0.3) is 0 Å². The first kappa shape index (κ1) is 6.33. The zero-order chi connectivity index (χ0) is 7.52. The van der Waals surface area contributed by atoms with Crippen LogP contribution in [0.4, 0.5) is 0 Å². The summed E-state index contributed by atoms with van der Waals surface area (Å²) in [4.78, 5) is 8.20. The summed E-state index contributed by atoms with van der Waals surface area (Å²) in [5.74, 6) is 0. The molecule has 0 radical (unpaired) electrons. The van der Waals surface area contributed by atoms with Crippen LogP contribution in [0.1, 0.15) is 0 Å². The second-order valence-corrected chi connectivity index (χ2v) is 2.31. The van der Waals surface area contributed by atoms with Gasteiger partial charge in [-0.1, -0.05) is 0 Å². The van der Waals surface area contributed by atoms with Crippen molar-refractivity contribution in [1.82, 2.24) is 9.69 Å². The summed E-state index contributed by atoms with van der Waals surface area (Å²) in [6, 6.07) is 1.93. The van der Waals surface area contributed by atoms with Gasteiger partial charge >= 0.3 is 7.41 Å². The molecule has 0 aromatic carbocycles. The van der Waals surface area contributed by atoms with Gasteiger partial charge in [-0.25, -0.2) is 0 Å². The van der Waals surface area contributed by atoms with Gasteiger partial charge in [0.05, 0.1) is 0 Å². The normalized spacial score (nSPS) is 16.0.